The van der Waals surface area contributed by atoms with E-state index in [2.05, 4.69) is 24.8 Å². The van der Waals surface area contributed by atoms with Crippen molar-refractivity contribution in [2.24, 2.45) is 0 Å². The van der Waals surface area contributed by atoms with Gasteiger partial charge in [-0.25, -0.2) is 19.2 Å². The molecule has 4 aromatic rings. The summed E-state index contributed by atoms with van der Waals surface area (Å²) in [6.45, 7) is 2.23. The number of aromatic amines is 2. The van der Waals surface area contributed by atoms with Crippen LogP contribution in [0.4, 0.5) is 4.39 Å². The first-order valence-corrected chi connectivity index (χ1v) is 8.76. The van der Waals surface area contributed by atoms with Gasteiger partial charge in [0.2, 0.25) is 0 Å². The number of fused-ring (bicyclic) bond motifs is 3. The second-order valence-corrected chi connectivity index (χ2v) is 6.72. The van der Waals surface area contributed by atoms with E-state index in [0.717, 1.165) is 36.5 Å². The highest BCUT2D eigenvalue weighted by molar-refractivity contribution is 5.65. The average molecular weight is 364 g/mol. The van der Waals surface area contributed by atoms with Gasteiger partial charge in [-0.1, -0.05) is 12.1 Å². The lowest BCUT2D eigenvalue weighted by Gasteiger charge is -2.27. The lowest BCUT2D eigenvalue weighted by Crippen LogP contribution is -2.33. The summed E-state index contributed by atoms with van der Waals surface area (Å²) in [5, 5.41) is 0. The molecule has 8 heteroatoms. The minimum Gasteiger partial charge on any atom is -0.347 e. The van der Waals surface area contributed by atoms with E-state index in [-0.39, 0.29) is 11.5 Å². The zero-order valence-corrected chi connectivity index (χ0v) is 14.4. The van der Waals surface area contributed by atoms with Crippen molar-refractivity contribution in [2.75, 3.05) is 6.54 Å². The van der Waals surface area contributed by atoms with Crippen LogP contribution in [0.2, 0.25) is 0 Å². The van der Waals surface area contributed by atoms with Crippen LogP contribution in [0.15, 0.2) is 47.8 Å². The first-order chi connectivity index (χ1) is 13.2. The minimum absolute atomic E-state index is 0.249. The van der Waals surface area contributed by atoms with Crippen LogP contribution in [0.5, 0.6) is 0 Å². The van der Waals surface area contributed by atoms with E-state index < -0.39 is 0 Å². The lowest BCUT2D eigenvalue weighted by molar-refractivity contribution is 0.241. The van der Waals surface area contributed by atoms with Crippen LogP contribution in [-0.4, -0.2) is 35.8 Å². The largest absolute Gasteiger partial charge is 0.347 e. The van der Waals surface area contributed by atoms with Crippen LogP contribution in [0.3, 0.4) is 0 Å². The first-order valence-electron chi connectivity index (χ1n) is 8.76. The van der Waals surface area contributed by atoms with Crippen molar-refractivity contribution < 1.29 is 4.39 Å². The van der Waals surface area contributed by atoms with Crippen molar-refractivity contribution in [3.8, 4) is 11.3 Å². The van der Waals surface area contributed by atoms with Gasteiger partial charge in [-0.15, -0.1) is 0 Å². The number of hydrogen-bond acceptors (Lipinski definition) is 4. The predicted molar refractivity (Wildman–Crippen MR) is 97.6 cm³/mol. The Morgan fingerprint density at radius 2 is 2.15 bits per heavy atom. The van der Waals surface area contributed by atoms with Crippen molar-refractivity contribution >= 4 is 5.65 Å². The second-order valence-electron chi connectivity index (χ2n) is 6.72. The summed E-state index contributed by atoms with van der Waals surface area (Å²) in [4.78, 5) is 29.5. The molecule has 4 heterocycles. The Hall–Kier alpha value is -3.26. The van der Waals surface area contributed by atoms with Crippen LogP contribution >= 0.6 is 0 Å². The Morgan fingerprint density at radius 3 is 2.96 bits per heavy atom. The van der Waals surface area contributed by atoms with Crippen LogP contribution in [0.1, 0.15) is 17.0 Å². The molecule has 0 atom stereocenters. The fraction of sp³-hybridized carbons (Fsp3) is 0.211. The summed E-state index contributed by atoms with van der Waals surface area (Å²) in [5.74, 6) is -0.355. The minimum atomic E-state index is -0.355. The number of nitrogens with one attached hydrogen (secondary N) is 2. The molecular weight excluding hydrogens is 347 g/mol. The molecule has 27 heavy (non-hydrogen) atoms. The monoisotopic (exact) mass is 364 g/mol. The SMILES string of the molecule is O=c1[nH]c2c(c3nc(-c4ccccc4F)cn13)CN(Cc1cnc[nH]1)CC2. The molecule has 0 saturated heterocycles. The molecule has 3 aromatic heterocycles. The Kier molecular flexibility index (Phi) is 3.64. The van der Waals surface area contributed by atoms with Gasteiger partial charge in [0.15, 0.2) is 0 Å². The smallest absolute Gasteiger partial charge is 0.331 e. The van der Waals surface area contributed by atoms with E-state index in [1.54, 1.807) is 30.7 Å². The Morgan fingerprint density at radius 1 is 1.26 bits per heavy atom. The third kappa shape index (κ3) is 2.74. The van der Waals surface area contributed by atoms with Crippen LogP contribution in [0, 0.1) is 5.82 Å². The molecule has 2 N–H and O–H groups in total. The first kappa shape index (κ1) is 16.0. The molecule has 1 aliphatic heterocycles. The van der Waals surface area contributed by atoms with Gasteiger partial charge in [0.1, 0.15) is 11.5 Å². The van der Waals surface area contributed by atoms with Crippen molar-refractivity contribution in [1.29, 1.82) is 0 Å². The van der Waals surface area contributed by atoms with E-state index in [0.29, 0.717) is 23.4 Å². The number of hydrogen-bond donors (Lipinski definition) is 2. The highest BCUT2D eigenvalue weighted by Crippen LogP contribution is 2.26. The van der Waals surface area contributed by atoms with Gasteiger partial charge in [-0.2, -0.15) is 0 Å². The van der Waals surface area contributed by atoms with Crippen molar-refractivity contribution in [3.05, 3.63) is 76.2 Å². The zero-order chi connectivity index (χ0) is 18.4. The maximum Gasteiger partial charge on any atom is 0.331 e. The maximum atomic E-state index is 14.2. The van der Waals surface area contributed by atoms with Crippen molar-refractivity contribution in [2.45, 2.75) is 19.5 Å². The predicted octanol–water partition coefficient (Wildman–Crippen LogP) is 2.11. The number of benzene rings is 1. The van der Waals surface area contributed by atoms with E-state index in [4.69, 9.17) is 0 Å². The van der Waals surface area contributed by atoms with Crippen LogP contribution < -0.4 is 5.69 Å². The van der Waals surface area contributed by atoms with Gasteiger partial charge >= 0.3 is 5.69 Å². The number of nitrogens with zero attached hydrogens (tertiary/aromatic N) is 4. The van der Waals surface area contributed by atoms with Crippen LogP contribution in [-0.2, 0) is 19.5 Å². The van der Waals surface area contributed by atoms with Gasteiger partial charge in [-0.05, 0) is 12.1 Å². The van der Waals surface area contributed by atoms with Crippen LogP contribution in [0.25, 0.3) is 16.9 Å². The molecule has 0 fully saturated rings. The fourth-order valence-electron chi connectivity index (χ4n) is 3.65. The average Bonchev–Trinajstić information content (AvgIpc) is 3.33. The molecule has 0 bridgehead atoms. The highest BCUT2D eigenvalue weighted by atomic mass is 19.1. The highest BCUT2D eigenvalue weighted by Gasteiger charge is 2.23. The molecule has 5 rings (SSSR count). The standard InChI is InChI=1S/C19H17FN6O/c20-15-4-2-1-3-13(15)17-10-26-18(23-17)14-9-25(8-12-7-21-11-22-12)6-5-16(14)24-19(26)27/h1-4,7,10-11H,5-6,8-9H2,(H,21,22)(H,24,27). The maximum absolute atomic E-state index is 14.2. The normalized spacial score (nSPS) is 14.6. The summed E-state index contributed by atoms with van der Waals surface area (Å²) in [6.07, 6.45) is 5.81. The Labute approximate surface area is 153 Å². The Bertz CT molecular complexity index is 1180. The number of aromatic nitrogens is 5. The van der Waals surface area contributed by atoms with E-state index >= 15 is 0 Å². The third-order valence-corrected chi connectivity index (χ3v) is 4.98. The molecular formula is C19H17FN6O. The van der Waals surface area contributed by atoms with Gasteiger partial charge in [0.25, 0.3) is 0 Å². The van der Waals surface area contributed by atoms with Crippen molar-refractivity contribution in [3.63, 3.8) is 0 Å². The quantitative estimate of drug-likeness (QED) is 0.583. The molecule has 0 aliphatic carbocycles. The molecule has 136 valence electrons. The summed E-state index contributed by atoms with van der Waals surface area (Å²) < 4.78 is 15.6. The fourth-order valence-corrected chi connectivity index (χ4v) is 3.65. The van der Waals surface area contributed by atoms with Gasteiger partial charge < -0.3 is 9.97 Å². The summed E-state index contributed by atoms with van der Waals surface area (Å²) >= 11 is 0. The molecule has 0 unspecified atom stereocenters. The number of H-pyrrole nitrogens is 2. The molecule has 0 spiro atoms. The van der Waals surface area contributed by atoms with E-state index in [1.165, 1.54) is 10.5 Å². The number of halogens is 1. The number of imidazole rings is 2. The summed E-state index contributed by atoms with van der Waals surface area (Å²) in [6, 6.07) is 6.46. The third-order valence-electron chi connectivity index (χ3n) is 4.98. The second kappa shape index (κ2) is 6.17. The number of rotatable bonds is 3. The van der Waals surface area contributed by atoms with E-state index in [9.17, 15) is 9.18 Å². The van der Waals surface area contributed by atoms with Gasteiger partial charge in [-0.3, -0.25) is 9.30 Å². The summed E-state index contributed by atoms with van der Waals surface area (Å²) in [7, 11) is 0. The molecule has 0 radical (unpaired) electrons. The molecule has 7 nitrogen and oxygen atoms in total. The zero-order valence-electron chi connectivity index (χ0n) is 14.4. The Balaban J connectivity index is 1.58. The van der Waals surface area contributed by atoms with Crippen molar-refractivity contribution in [1.82, 2.24) is 29.2 Å². The summed E-state index contributed by atoms with van der Waals surface area (Å²) in [5.41, 5.74) is 4.09. The molecule has 0 saturated carbocycles. The molecule has 1 aromatic carbocycles. The molecule has 1 aliphatic rings. The molecule has 0 amide bonds. The van der Waals surface area contributed by atoms with Gasteiger partial charge in [0.05, 0.1) is 12.0 Å². The topological polar surface area (TPSA) is 82.1 Å². The lowest BCUT2D eigenvalue weighted by atomic mass is 10.1. The van der Waals surface area contributed by atoms with Gasteiger partial charge in [0, 0.05) is 61.0 Å². The van der Waals surface area contributed by atoms with E-state index in [1.807, 2.05) is 6.20 Å².